The lowest BCUT2D eigenvalue weighted by Gasteiger charge is -2.13. The molecule has 1 N–H and O–H groups in total. The van der Waals surface area contributed by atoms with Crippen LogP contribution in [0.5, 0.6) is 5.75 Å². The highest BCUT2D eigenvalue weighted by Gasteiger charge is 2.12. The molecule has 33 heavy (non-hydrogen) atoms. The summed E-state index contributed by atoms with van der Waals surface area (Å²) < 4.78 is 5.39. The van der Waals surface area contributed by atoms with E-state index in [0.29, 0.717) is 21.7 Å². The Kier molecular flexibility index (Phi) is 5.82. The van der Waals surface area contributed by atoms with E-state index in [1.54, 1.807) is 31.6 Å². The molecule has 3 aromatic carbocycles. The third kappa shape index (κ3) is 4.46. The fourth-order valence-electron chi connectivity index (χ4n) is 3.54. The number of hydrogen-bond donors (Lipinski definition) is 1. The topological polar surface area (TPSA) is 59.9 Å². The van der Waals surface area contributed by atoms with Crippen molar-refractivity contribution in [2.75, 3.05) is 12.4 Å². The van der Waals surface area contributed by atoms with Gasteiger partial charge < -0.3 is 10.1 Å². The van der Waals surface area contributed by atoms with E-state index in [-0.39, 0.29) is 0 Å². The standard InChI is InChI=1S/C26H18Cl2N4O/c1-33-20-6-2-4-16(12-20)17-7-10-24-21(13-17)26(30-19-8-9-22(27)23(28)14-19)32-25(31-24)18-5-3-11-29-15-18/h2-15H,1H3,(H,30,31,32). The first-order valence-corrected chi connectivity index (χ1v) is 10.9. The van der Waals surface area contributed by atoms with Crippen molar-refractivity contribution in [2.45, 2.75) is 0 Å². The molecule has 0 unspecified atom stereocenters. The van der Waals surface area contributed by atoms with Crippen molar-refractivity contribution in [1.29, 1.82) is 0 Å². The quantitative estimate of drug-likeness (QED) is 0.288. The fourth-order valence-corrected chi connectivity index (χ4v) is 3.84. The Morgan fingerprint density at radius 3 is 2.42 bits per heavy atom. The van der Waals surface area contributed by atoms with Gasteiger partial charge >= 0.3 is 0 Å². The van der Waals surface area contributed by atoms with E-state index < -0.39 is 0 Å². The molecule has 0 saturated heterocycles. The number of fused-ring (bicyclic) bond motifs is 1. The van der Waals surface area contributed by atoms with E-state index in [0.717, 1.165) is 39.0 Å². The van der Waals surface area contributed by atoms with Crippen molar-refractivity contribution in [1.82, 2.24) is 15.0 Å². The summed E-state index contributed by atoms with van der Waals surface area (Å²) in [6.45, 7) is 0. The first-order chi connectivity index (χ1) is 16.1. The molecule has 0 radical (unpaired) electrons. The Labute approximate surface area is 201 Å². The van der Waals surface area contributed by atoms with Crippen LogP contribution in [-0.2, 0) is 0 Å². The second kappa shape index (κ2) is 9.06. The van der Waals surface area contributed by atoms with E-state index in [1.165, 1.54) is 0 Å². The number of aromatic nitrogens is 3. The third-order valence-corrected chi connectivity index (χ3v) is 5.94. The van der Waals surface area contributed by atoms with Crippen molar-refractivity contribution < 1.29 is 4.74 Å². The molecule has 162 valence electrons. The van der Waals surface area contributed by atoms with Crippen LogP contribution in [-0.4, -0.2) is 22.1 Å². The number of halogens is 2. The SMILES string of the molecule is COc1cccc(-c2ccc3nc(-c4cccnc4)nc(Nc4ccc(Cl)c(Cl)c4)c3c2)c1. The predicted molar refractivity (Wildman–Crippen MR) is 135 cm³/mol. The summed E-state index contributed by atoms with van der Waals surface area (Å²) in [6, 6.07) is 23.2. The number of anilines is 2. The number of rotatable bonds is 5. The van der Waals surface area contributed by atoms with Gasteiger partial charge in [0.25, 0.3) is 0 Å². The van der Waals surface area contributed by atoms with E-state index in [1.807, 2.05) is 54.6 Å². The Bertz CT molecular complexity index is 1460. The van der Waals surface area contributed by atoms with Gasteiger partial charge in [-0.15, -0.1) is 0 Å². The molecule has 0 saturated carbocycles. The molecule has 0 aliphatic rings. The van der Waals surface area contributed by atoms with Crippen LogP contribution >= 0.6 is 23.2 Å². The van der Waals surface area contributed by atoms with Gasteiger partial charge in [-0.25, -0.2) is 9.97 Å². The smallest absolute Gasteiger partial charge is 0.163 e. The minimum atomic E-state index is 0.463. The second-order valence-electron chi connectivity index (χ2n) is 7.36. The minimum absolute atomic E-state index is 0.463. The van der Waals surface area contributed by atoms with Crippen LogP contribution in [0.1, 0.15) is 0 Å². The average Bonchev–Trinajstić information content (AvgIpc) is 2.86. The maximum atomic E-state index is 6.23. The molecule has 0 aliphatic heterocycles. The van der Waals surface area contributed by atoms with Gasteiger partial charge in [-0.2, -0.15) is 0 Å². The Morgan fingerprint density at radius 1 is 0.788 bits per heavy atom. The number of nitrogens with zero attached hydrogens (tertiary/aromatic N) is 3. The largest absolute Gasteiger partial charge is 0.497 e. The van der Waals surface area contributed by atoms with Crippen LogP contribution in [0.3, 0.4) is 0 Å². The Morgan fingerprint density at radius 2 is 1.64 bits per heavy atom. The van der Waals surface area contributed by atoms with Gasteiger partial charge in [-0.3, -0.25) is 4.98 Å². The van der Waals surface area contributed by atoms with Crippen LogP contribution in [0, 0.1) is 0 Å². The minimum Gasteiger partial charge on any atom is -0.497 e. The summed E-state index contributed by atoms with van der Waals surface area (Å²) in [4.78, 5) is 13.8. The normalized spacial score (nSPS) is 10.9. The number of ether oxygens (including phenoxy) is 1. The molecule has 0 aliphatic carbocycles. The summed E-state index contributed by atoms with van der Waals surface area (Å²) in [5.41, 5.74) is 4.46. The number of benzene rings is 3. The van der Waals surface area contributed by atoms with E-state index in [2.05, 4.69) is 16.4 Å². The first-order valence-electron chi connectivity index (χ1n) is 10.2. The number of nitrogens with one attached hydrogen (secondary N) is 1. The van der Waals surface area contributed by atoms with Gasteiger partial charge in [-0.05, 0) is 65.7 Å². The highest BCUT2D eigenvalue weighted by Crippen LogP contribution is 2.33. The third-order valence-electron chi connectivity index (χ3n) is 5.20. The van der Waals surface area contributed by atoms with E-state index >= 15 is 0 Å². The van der Waals surface area contributed by atoms with Crippen LogP contribution in [0.15, 0.2) is 85.2 Å². The fraction of sp³-hybridized carbons (Fsp3) is 0.0385. The molecule has 5 rings (SSSR count). The summed E-state index contributed by atoms with van der Waals surface area (Å²) in [5, 5.41) is 5.21. The zero-order valence-corrected chi connectivity index (χ0v) is 19.1. The molecular formula is C26H18Cl2N4O. The molecular weight excluding hydrogens is 455 g/mol. The van der Waals surface area contributed by atoms with Gasteiger partial charge in [0.15, 0.2) is 5.82 Å². The molecule has 5 nitrogen and oxygen atoms in total. The lowest BCUT2D eigenvalue weighted by atomic mass is 10.0. The maximum Gasteiger partial charge on any atom is 0.163 e. The summed E-state index contributed by atoms with van der Waals surface area (Å²) in [5.74, 6) is 2.03. The van der Waals surface area contributed by atoms with Crippen LogP contribution in [0.2, 0.25) is 10.0 Å². The molecule has 7 heteroatoms. The van der Waals surface area contributed by atoms with Crippen molar-refractivity contribution >= 4 is 45.6 Å². The average molecular weight is 473 g/mol. The van der Waals surface area contributed by atoms with E-state index in [9.17, 15) is 0 Å². The summed E-state index contributed by atoms with van der Waals surface area (Å²) in [6.07, 6.45) is 3.47. The molecule has 0 fully saturated rings. The number of methoxy groups -OCH3 is 1. The molecule has 0 bridgehead atoms. The summed E-state index contributed by atoms with van der Waals surface area (Å²) in [7, 11) is 1.66. The van der Waals surface area contributed by atoms with Gasteiger partial charge in [-0.1, -0.05) is 41.4 Å². The molecule has 2 aromatic heterocycles. The molecule has 0 amide bonds. The zero-order chi connectivity index (χ0) is 22.8. The van der Waals surface area contributed by atoms with Crippen LogP contribution in [0.25, 0.3) is 33.4 Å². The molecule has 0 spiro atoms. The Hall–Kier alpha value is -3.67. The lowest BCUT2D eigenvalue weighted by molar-refractivity contribution is 0.415. The van der Waals surface area contributed by atoms with Gasteiger partial charge in [0.05, 0.1) is 22.7 Å². The lowest BCUT2D eigenvalue weighted by Crippen LogP contribution is -2.00. The van der Waals surface area contributed by atoms with Crippen LogP contribution < -0.4 is 10.1 Å². The van der Waals surface area contributed by atoms with Crippen molar-refractivity contribution in [3.63, 3.8) is 0 Å². The second-order valence-corrected chi connectivity index (χ2v) is 8.17. The monoisotopic (exact) mass is 472 g/mol. The van der Waals surface area contributed by atoms with Gasteiger partial charge in [0, 0.05) is 29.0 Å². The van der Waals surface area contributed by atoms with Crippen molar-refractivity contribution in [2.24, 2.45) is 0 Å². The van der Waals surface area contributed by atoms with Crippen LogP contribution in [0.4, 0.5) is 11.5 Å². The molecule has 0 atom stereocenters. The van der Waals surface area contributed by atoms with Gasteiger partial charge in [0.1, 0.15) is 11.6 Å². The molecule has 2 heterocycles. The van der Waals surface area contributed by atoms with Gasteiger partial charge in [0.2, 0.25) is 0 Å². The Balaban J connectivity index is 1.67. The number of hydrogen-bond acceptors (Lipinski definition) is 5. The highest BCUT2D eigenvalue weighted by atomic mass is 35.5. The van der Waals surface area contributed by atoms with E-state index in [4.69, 9.17) is 37.9 Å². The highest BCUT2D eigenvalue weighted by molar-refractivity contribution is 6.42. The molecule has 5 aromatic rings. The van der Waals surface area contributed by atoms with Crippen molar-refractivity contribution in [3.8, 4) is 28.3 Å². The number of pyridine rings is 1. The van der Waals surface area contributed by atoms with Crippen molar-refractivity contribution in [3.05, 3.63) is 95.2 Å². The summed E-state index contributed by atoms with van der Waals surface area (Å²) >= 11 is 12.3. The maximum absolute atomic E-state index is 6.23. The first kappa shape index (κ1) is 21.2. The predicted octanol–water partition coefficient (Wildman–Crippen LogP) is 7.42. The zero-order valence-electron chi connectivity index (χ0n) is 17.6.